The van der Waals surface area contributed by atoms with Crippen LogP contribution < -0.4 is 10.5 Å². The van der Waals surface area contributed by atoms with Gasteiger partial charge in [-0.05, 0) is 34.1 Å². The summed E-state index contributed by atoms with van der Waals surface area (Å²) in [7, 11) is 0. The summed E-state index contributed by atoms with van der Waals surface area (Å²) in [6.45, 7) is 3.43. The quantitative estimate of drug-likeness (QED) is 0.797. The third-order valence-electron chi connectivity index (χ3n) is 4.17. The van der Waals surface area contributed by atoms with E-state index in [4.69, 9.17) is 0 Å². The molecule has 1 aliphatic rings. The highest BCUT2D eigenvalue weighted by atomic mass is 79.9. The molecule has 6 nitrogen and oxygen atoms in total. The van der Waals surface area contributed by atoms with Crippen molar-refractivity contribution < 1.29 is 4.79 Å². The molecule has 1 saturated heterocycles. The summed E-state index contributed by atoms with van der Waals surface area (Å²) in [4.78, 5) is 32.3. The zero-order valence-corrected chi connectivity index (χ0v) is 14.9. The first-order valence-electron chi connectivity index (χ1n) is 7.92. The van der Waals surface area contributed by atoms with E-state index in [1.165, 1.54) is 6.07 Å². The standard InChI is InChI=1S/C17H19BrN4O2/c18-14-1-2-16(23)22(13-14)8-5-17(24)21-11-9-20(10-12-21)15-3-6-19-7-4-15/h1-4,6-7,13H,5,8-12H2. The predicted octanol–water partition coefficient (Wildman–Crippen LogP) is 1.74. The van der Waals surface area contributed by atoms with E-state index >= 15 is 0 Å². The highest BCUT2D eigenvalue weighted by Gasteiger charge is 2.21. The molecule has 1 amide bonds. The summed E-state index contributed by atoms with van der Waals surface area (Å²) in [5, 5.41) is 0. The molecular formula is C17H19BrN4O2. The molecule has 7 heteroatoms. The van der Waals surface area contributed by atoms with E-state index in [0.717, 1.165) is 23.2 Å². The maximum atomic E-state index is 12.4. The number of hydrogen-bond donors (Lipinski definition) is 0. The first kappa shape index (κ1) is 16.7. The van der Waals surface area contributed by atoms with Crippen LogP contribution in [0.3, 0.4) is 0 Å². The smallest absolute Gasteiger partial charge is 0.250 e. The molecule has 3 heterocycles. The third-order valence-corrected chi connectivity index (χ3v) is 4.64. The number of aromatic nitrogens is 2. The van der Waals surface area contributed by atoms with E-state index in [0.29, 0.717) is 26.1 Å². The molecule has 0 radical (unpaired) electrons. The van der Waals surface area contributed by atoms with Crippen molar-refractivity contribution in [1.29, 1.82) is 0 Å². The van der Waals surface area contributed by atoms with Crippen molar-refractivity contribution in [2.24, 2.45) is 0 Å². The monoisotopic (exact) mass is 390 g/mol. The molecule has 0 bridgehead atoms. The van der Waals surface area contributed by atoms with Gasteiger partial charge in [-0.25, -0.2) is 0 Å². The number of rotatable bonds is 4. The van der Waals surface area contributed by atoms with Gasteiger partial charge in [-0.3, -0.25) is 14.6 Å². The van der Waals surface area contributed by atoms with Crippen LogP contribution >= 0.6 is 15.9 Å². The number of halogens is 1. The molecule has 0 N–H and O–H groups in total. The fourth-order valence-electron chi connectivity index (χ4n) is 2.82. The second-order valence-corrected chi connectivity index (χ2v) is 6.62. The zero-order valence-electron chi connectivity index (χ0n) is 13.3. The van der Waals surface area contributed by atoms with Crippen molar-refractivity contribution in [3.05, 3.63) is 57.7 Å². The molecule has 0 saturated carbocycles. The minimum absolute atomic E-state index is 0.0893. The minimum atomic E-state index is -0.0893. The Bertz CT molecular complexity index is 755. The molecule has 2 aromatic heterocycles. The molecule has 0 atom stereocenters. The molecule has 0 aromatic carbocycles. The van der Waals surface area contributed by atoms with Crippen molar-refractivity contribution in [3.8, 4) is 0 Å². The first-order valence-corrected chi connectivity index (χ1v) is 8.71. The van der Waals surface area contributed by atoms with Crippen molar-refractivity contribution in [2.75, 3.05) is 31.1 Å². The normalized spacial score (nSPS) is 14.7. The predicted molar refractivity (Wildman–Crippen MR) is 96.0 cm³/mol. The van der Waals surface area contributed by atoms with Crippen LogP contribution in [0.2, 0.25) is 0 Å². The number of piperazine rings is 1. The SMILES string of the molecule is O=C(CCn1cc(Br)ccc1=O)N1CCN(c2ccncc2)CC1. The van der Waals surface area contributed by atoms with E-state index in [1.807, 2.05) is 17.0 Å². The summed E-state index contributed by atoms with van der Waals surface area (Å²) >= 11 is 3.34. The summed E-state index contributed by atoms with van der Waals surface area (Å²) in [6.07, 6.45) is 5.62. The van der Waals surface area contributed by atoms with Gasteiger partial charge in [0.25, 0.3) is 5.56 Å². The molecule has 1 aliphatic heterocycles. The maximum Gasteiger partial charge on any atom is 0.250 e. The van der Waals surface area contributed by atoms with Crippen molar-refractivity contribution >= 4 is 27.5 Å². The molecule has 0 unspecified atom stereocenters. The van der Waals surface area contributed by atoms with Crippen molar-refractivity contribution in [3.63, 3.8) is 0 Å². The second-order valence-electron chi connectivity index (χ2n) is 5.70. The Morgan fingerprint density at radius 3 is 2.50 bits per heavy atom. The van der Waals surface area contributed by atoms with Crippen LogP contribution in [0, 0.1) is 0 Å². The van der Waals surface area contributed by atoms with Crippen molar-refractivity contribution in [2.45, 2.75) is 13.0 Å². The van der Waals surface area contributed by atoms with E-state index in [9.17, 15) is 9.59 Å². The lowest BCUT2D eigenvalue weighted by molar-refractivity contribution is -0.131. The fourth-order valence-corrected chi connectivity index (χ4v) is 3.20. The van der Waals surface area contributed by atoms with Gasteiger partial charge in [0.15, 0.2) is 0 Å². The Morgan fingerprint density at radius 2 is 1.79 bits per heavy atom. The van der Waals surface area contributed by atoms with E-state index in [-0.39, 0.29) is 11.5 Å². The first-order chi connectivity index (χ1) is 11.6. The number of nitrogens with zero attached hydrogens (tertiary/aromatic N) is 4. The summed E-state index contributed by atoms with van der Waals surface area (Å²) in [5.74, 6) is 0.0938. The fraction of sp³-hybridized carbons (Fsp3) is 0.353. The van der Waals surface area contributed by atoms with Gasteiger partial charge >= 0.3 is 0 Å². The van der Waals surface area contributed by atoms with Gasteiger partial charge in [0.05, 0.1) is 0 Å². The summed E-state index contributed by atoms with van der Waals surface area (Å²) in [5.41, 5.74) is 1.05. The number of aryl methyl sites for hydroxylation is 1. The molecule has 1 fully saturated rings. The van der Waals surface area contributed by atoms with Gasteiger partial charge in [-0.15, -0.1) is 0 Å². The average molecular weight is 391 g/mol. The highest BCUT2D eigenvalue weighted by Crippen LogP contribution is 2.15. The van der Waals surface area contributed by atoms with E-state index < -0.39 is 0 Å². The van der Waals surface area contributed by atoms with Gasteiger partial charge in [0, 0.05) is 74.0 Å². The number of pyridine rings is 2. The molecule has 0 spiro atoms. The lowest BCUT2D eigenvalue weighted by Gasteiger charge is -2.36. The van der Waals surface area contributed by atoms with Crippen LogP contribution in [-0.4, -0.2) is 46.5 Å². The molecule has 0 aliphatic carbocycles. The Balaban J connectivity index is 1.52. The largest absolute Gasteiger partial charge is 0.368 e. The minimum Gasteiger partial charge on any atom is -0.368 e. The molecular weight excluding hydrogens is 372 g/mol. The van der Waals surface area contributed by atoms with Crippen molar-refractivity contribution in [1.82, 2.24) is 14.5 Å². The van der Waals surface area contributed by atoms with Crippen LogP contribution in [0.5, 0.6) is 0 Å². The van der Waals surface area contributed by atoms with Crippen LogP contribution in [0.25, 0.3) is 0 Å². The number of carbonyl (C=O) groups excluding carboxylic acids is 1. The Kier molecular flexibility index (Phi) is 5.30. The molecule has 126 valence electrons. The van der Waals surface area contributed by atoms with Gasteiger partial charge < -0.3 is 14.4 Å². The number of amides is 1. The van der Waals surface area contributed by atoms with Gasteiger partial charge in [0.1, 0.15) is 0 Å². The summed E-state index contributed by atoms with van der Waals surface area (Å²) < 4.78 is 2.40. The molecule has 2 aromatic rings. The van der Waals surface area contributed by atoms with Crippen LogP contribution in [0.15, 0.2) is 52.1 Å². The number of carbonyl (C=O) groups is 1. The zero-order chi connectivity index (χ0) is 16.9. The van der Waals surface area contributed by atoms with Crippen LogP contribution in [-0.2, 0) is 11.3 Å². The third kappa shape index (κ3) is 4.03. The van der Waals surface area contributed by atoms with Gasteiger partial charge in [-0.1, -0.05) is 0 Å². The van der Waals surface area contributed by atoms with E-state index in [1.54, 1.807) is 29.2 Å². The average Bonchev–Trinajstić information content (AvgIpc) is 2.63. The Morgan fingerprint density at radius 1 is 1.08 bits per heavy atom. The number of anilines is 1. The van der Waals surface area contributed by atoms with Crippen LogP contribution in [0.4, 0.5) is 5.69 Å². The number of hydrogen-bond acceptors (Lipinski definition) is 4. The highest BCUT2D eigenvalue weighted by molar-refractivity contribution is 9.10. The Hall–Kier alpha value is -2.15. The molecule has 24 heavy (non-hydrogen) atoms. The lowest BCUT2D eigenvalue weighted by atomic mass is 10.2. The molecule has 3 rings (SSSR count). The summed E-state index contributed by atoms with van der Waals surface area (Å²) in [6, 6.07) is 7.18. The second kappa shape index (κ2) is 7.61. The van der Waals surface area contributed by atoms with E-state index in [2.05, 4.69) is 25.8 Å². The topological polar surface area (TPSA) is 58.4 Å². The maximum absolute atomic E-state index is 12.4. The van der Waals surface area contributed by atoms with Gasteiger partial charge in [0.2, 0.25) is 5.91 Å². The Labute approximate surface area is 148 Å². The lowest BCUT2D eigenvalue weighted by Crippen LogP contribution is -2.49. The van der Waals surface area contributed by atoms with Gasteiger partial charge in [-0.2, -0.15) is 0 Å². The van der Waals surface area contributed by atoms with Crippen LogP contribution in [0.1, 0.15) is 6.42 Å².